The average Bonchev–Trinajstić information content (AvgIpc) is 3.78. The highest BCUT2D eigenvalue weighted by molar-refractivity contribution is 7.26. The number of para-hydroxylation sites is 1. The Hall–Kier alpha value is -6.74. The highest BCUT2D eigenvalue weighted by Crippen LogP contribution is 2.49. The zero-order valence-electron chi connectivity index (χ0n) is 29.1. The van der Waals surface area contributed by atoms with Crippen LogP contribution in [0.25, 0.3) is 119 Å². The van der Waals surface area contributed by atoms with Gasteiger partial charge < -0.3 is 4.42 Å². The quantitative estimate of drug-likeness (QED) is 0.167. The van der Waals surface area contributed by atoms with E-state index in [0.29, 0.717) is 0 Å². The lowest BCUT2D eigenvalue weighted by atomic mass is 9.83. The molecule has 0 spiro atoms. The first kappa shape index (κ1) is 29.8. The summed E-state index contributed by atoms with van der Waals surface area (Å²) < 4.78 is 8.86. The molecule has 12 aromatic rings. The van der Waals surface area contributed by atoms with Crippen LogP contribution in [0.1, 0.15) is 0 Å². The van der Waals surface area contributed by atoms with E-state index >= 15 is 0 Å². The Morgan fingerprint density at radius 1 is 0.296 bits per heavy atom. The Balaban J connectivity index is 1.13. The van der Waals surface area contributed by atoms with Crippen molar-refractivity contribution in [3.63, 3.8) is 0 Å². The average molecular weight is 703 g/mol. The number of fused-ring (bicyclic) bond motifs is 11. The molecule has 0 aliphatic carbocycles. The van der Waals surface area contributed by atoms with Crippen molar-refractivity contribution in [3.05, 3.63) is 182 Å². The van der Waals surface area contributed by atoms with Crippen molar-refractivity contribution in [2.45, 2.75) is 0 Å². The molecule has 0 aliphatic rings. The van der Waals surface area contributed by atoms with Crippen molar-refractivity contribution in [2.24, 2.45) is 0 Å². The normalized spacial score (nSPS) is 12.1. The van der Waals surface area contributed by atoms with E-state index < -0.39 is 0 Å². The number of hydrogen-bond donors (Lipinski definition) is 0. The summed E-state index contributed by atoms with van der Waals surface area (Å²) in [6.07, 6.45) is 0. The Morgan fingerprint density at radius 3 is 1.50 bits per heavy atom. The monoisotopic (exact) mass is 702 g/mol. The van der Waals surface area contributed by atoms with Gasteiger partial charge in [-0.05, 0) is 101 Å². The van der Waals surface area contributed by atoms with Gasteiger partial charge in [-0.2, -0.15) is 0 Å². The van der Waals surface area contributed by atoms with Gasteiger partial charge in [0.15, 0.2) is 0 Å². The Kier molecular flexibility index (Phi) is 6.28. The van der Waals surface area contributed by atoms with E-state index in [2.05, 4.69) is 176 Å². The third kappa shape index (κ3) is 4.20. The summed E-state index contributed by atoms with van der Waals surface area (Å²) >= 11 is 1.86. The summed E-state index contributed by atoms with van der Waals surface area (Å²) in [5, 5.41) is 15.1. The van der Waals surface area contributed by atoms with Crippen molar-refractivity contribution in [3.8, 4) is 33.4 Å². The summed E-state index contributed by atoms with van der Waals surface area (Å²) in [6, 6.07) is 66.8. The van der Waals surface area contributed by atoms with Gasteiger partial charge in [-0.25, -0.2) is 0 Å². The molecule has 0 amide bonds. The largest absolute Gasteiger partial charge is 0.456 e. The smallest absolute Gasteiger partial charge is 0.136 e. The summed E-state index contributed by atoms with van der Waals surface area (Å²) in [6.45, 7) is 0. The molecular formula is C52H30OS. The van der Waals surface area contributed by atoms with E-state index in [1.807, 2.05) is 17.4 Å². The van der Waals surface area contributed by atoms with Crippen LogP contribution in [-0.2, 0) is 0 Å². The minimum absolute atomic E-state index is 0.935. The Labute approximate surface area is 314 Å². The van der Waals surface area contributed by atoms with Crippen LogP contribution in [0.4, 0.5) is 0 Å². The fraction of sp³-hybridized carbons (Fsp3) is 0. The second-order valence-electron chi connectivity index (χ2n) is 14.3. The standard InChI is InChI=1S/C52H30OS/c1-2-14-31(15-3-1)50-38-21-8-10-23-40(38)51(41-24-11-9-22-39(41)50)42-27-26-35(32-16-4-5-17-33(32)42)43-29-49-52(37-20-7-6-18-34(37)43)45-28-44-36-19-12-13-25-46(36)53-47(44)30-48(45)54-49/h1-30H. The molecule has 0 bridgehead atoms. The molecular weight excluding hydrogens is 673 g/mol. The van der Waals surface area contributed by atoms with Crippen molar-refractivity contribution in [2.75, 3.05) is 0 Å². The third-order valence-corrected chi connectivity index (χ3v) is 12.6. The van der Waals surface area contributed by atoms with Crippen LogP contribution in [-0.4, -0.2) is 0 Å². The van der Waals surface area contributed by atoms with Crippen molar-refractivity contribution < 1.29 is 4.42 Å². The number of thiophene rings is 1. The predicted octanol–water partition coefficient (Wildman–Crippen LogP) is 15.6. The summed E-state index contributed by atoms with van der Waals surface area (Å²) in [4.78, 5) is 0. The van der Waals surface area contributed by atoms with Gasteiger partial charge in [0, 0.05) is 30.9 Å². The van der Waals surface area contributed by atoms with E-state index in [9.17, 15) is 0 Å². The topological polar surface area (TPSA) is 13.1 Å². The van der Waals surface area contributed by atoms with Gasteiger partial charge in [0.2, 0.25) is 0 Å². The minimum atomic E-state index is 0.935. The van der Waals surface area contributed by atoms with E-state index in [4.69, 9.17) is 4.42 Å². The molecule has 0 aliphatic heterocycles. The molecule has 0 unspecified atom stereocenters. The van der Waals surface area contributed by atoms with Gasteiger partial charge >= 0.3 is 0 Å². The second-order valence-corrected chi connectivity index (χ2v) is 15.4. The van der Waals surface area contributed by atoms with Crippen molar-refractivity contribution >= 4 is 96.5 Å². The van der Waals surface area contributed by atoms with Gasteiger partial charge in [-0.3, -0.25) is 0 Å². The lowest BCUT2D eigenvalue weighted by molar-refractivity contribution is 0.669. The maximum absolute atomic E-state index is 6.32. The third-order valence-electron chi connectivity index (χ3n) is 11.5. The summed E-state index contributed by atoms with van der Waals surface area (Å²) in [5.74, 6) is 0. The molecule has 0 radical (unpaired) electrons. The molecule has 0 N–H and O–H groups in total. The maximum Gasteiger partial charge on any atom is 0.136 e. The molecule has 0 saturated carbocycles. The van der Waals surface area contributed by atoms with Gasteiger partial charge in [-0.15, -0.1) is 11.3 Å². The lowest BCUT2D eigenvalue weighted by Gasteiger charge is -2.20. The molecule has 12 rings (SSSR count). The molecule has 2 heteroatoms. The molecule has 250 valence electrons. The van der Waals surface area contributed by atoms with Crippen molar-refractivity contribution in [1.82, 2.24) is 0 Å². The molecule has 10 aromatic carbocycles. The minimum Gasteiger partial charge on any atom is -0.456 e. The SMILES string of the molecule is c1ccc(-c2c3ccccc3c(-c3ccc(-c4cc5sc6cc7oc8ccccc8c7cc6c5c5ccccc45)c4ccccc34)c3ccccc23)cc1. The van der Waals surface area contributed by atoms with Crippen LogP contribution >= 0.6 is 11.3 Å². The molecule has 1 nitrogen and oxygen atoms in total. The Bertz CT molecular complexity index is 3440. The van der Waals surface area contributed by atoms with Crippen LogP contribution in [0, 0.1) is 0 Å². The van der Waals surface area contributed by atoms with E-state index in [1.54, 1.807) is 0 Å². The summed E-state index contributed by atoms with van der Waals surface area (Å²) in [5.41, 5.74) is 9.45. The predicted molar refractivity (Wildman–Crippen MR) is 233 cm³/mol. The summed E-state index contributed by atoms with van der Waals surface area (Å²) in [7, 11) is 0. The maximum atomic E-state index is 6.32. The number of furan rings is 1. The van der Waals surface area contributed by atoms with Gasteiger partial charge in [0.25, 0.3) is 0 Å². The van der Waals surface area contributed by atoms with Gasteiger partial charge in [-0.1, -0.05) is 158 Å². The molecule has 0 fully saturated rings. The molecule has 2 aromatic heterocycles. The number of hydrogen-bond acceptors (Lipinski definition) is 2. The fourth-order valence-electron chi connectivity index (χ4n) is 9.17. The second kappa shape index (κ2) is 11.4. The zero-order valence-corrected chi connectivity index (χ0v) is 30.0. The molecule has 2 heterocycles. The lowest BCUT2D eigenvalue weighted by Crippen LogP contribution is -1.92. The fourth-order valence-corrected chi connectivity index (χ4v) is 10.3. The van der Waals surface area contributed by atoms with Crippen LogP contribution in [0.15, 0.2) is 186 Å². The van der Waals surface area contributed by atoms with Gasteiger partial charge in [0.1, 0.15) is 11.2 Å². The number of benzene rings is 10. The zero-order chi connectivity index (χ0) is 35.3. The van der Waals surface area contributed by atoms with Crippen LogP contribution in [0.5, 0.6) is 0 Å². The van der Waals surface area contributed by atoms with E-state index in [-0.39, 0.29) is 0 Å². The highest BCUT2D eigenvalue weighted by atomic mass is 32.1. The molecule has 54 heavy (non-hydrogen) atoms. The Morgan fingerprint density at radius 2 is 0.815 bits per heavy atom. The number of rotatable bonds is 3. The first-order valence-electron chi connectivity index (χ1n) is 18.5. The van der Waals surface area contributed by atoms with Crippen LogP contribution in [0.2, 0.25) is 0 Å². The van der Waals surface area contributed by atoms with E-state index in [0.717, 1.165) is 16.6 Å². The van der Waals surface area contributed by atoms with Crippen LogP contribution < -0.4 is 0 Å². The first-order chi connectivity index (χ1) is 26.8. The highest BCUT2D eigenvalue weighted by Gasteiger charge is 2.21. The van der Waals surface area contributed by atoms with E-state index in [1.165, 1.54) is 102 Å². The molecule has 0 atom stereocenters. The molecule has 0 saturated heterocycles. The first-order valence-corrected chi connectivity index (χ1v) is 19.3. The van der Waals surface area contributed by atoms with Crippen molar-refractivity contribution in [1.29, 1.82) is 0 Å². The van der Waals surface area contributed by atoms with Crippen LogP contribution in [0.3, 0.4) is 0 Å². The van der Waals surface area contributed by atoms with Gasteiger partial charge in [0.05, 0.1) is 0 Å².